The SMILES string of the molecule is CC[C@]12CCCN[C@]13/C(=C\C(=O)O)c1ccccc1N3C(=O)CC2. The summed E-state index contributed by atoms with van der Waals surface area (Å²) in [5.74, 6) is -0.888. The molecule has 5 heteroatoms. The number of hydrogen-bond donors (Lipinski definition) is 2. The summed E-state index contributed by atoms with van der Waals surface area (Å²) in [6, 6.07) is 7.68. The number of hydrogen-bond acceptors (Lipinski definition) is 3. The van der Waals surface area contributed by atoms with Gasteiger partial charge in [0.15, 0.2) is 0 Å². The number of carbonyl (C=O) groups is 2. The predicted molar refractivity (Wildman–Crippen MR) is 91.5 cm³/mol. The summed E-state index contributed by atoms with van der Waals surface area (Å²) in [7, 11) is 0. The maximum absolute atomic E-state index is 12.9. The highest BCUT2D eigenvalue weighted by Crippen LogP contribution is 2.61. The van der Waals surface area contributed by atoms with E-state index in [-0.39, 0.29) is 11.3 Å². The van der Waals surface area contributed by atoms with Gasteiger partial charge in [-0.2, -0.15) is 0 Å². The molecular weight excluding hydrogens is 304 g/mol. The van der Waals surface area contributed by atoms with Gasteiger partial charge >= 0.3 is 5.97 Å². The molecule has 4 rings (SSSR count). The van der Waals surface area contributed by atoms with Crippen molar-refractivity contribution in [1.29, 1.82) is 0 Å². The number of nitrogens with one attached hydrogen (secondary N) is 1. The quantitative estimate of drug-likeness (QED) is 0.820. The van der Waals surface area contributed by atoms with E-state index >= 15 is 0 Å². The number of anilines is 1. The Bertz CT molecular complexity index is 757. The minimum atomic E-state index is -0.966. The molecule has 2 fully saturated rings. The van der Waals surface area contributed by atoms with Crippen LogP contribution in [0, 0.1) is 5.41 Å². The highest BCUT2D eigenvalue weighted by molar-refractivity contribution is 6.10. The summed E-state index contributed by atoms with van der Waals surface area (Å²) in [5.41, 5.74) is 1.58. The van der Waals surface area contributed by atoms with Crippen LogP contribution < -0.4 is 10.2 Å². The summed E-state index contributed by atoms with van der Waals surface area (Å²) in [4.78, 5) is 26.3. The minimum Gasteiger partial charge on any atom is -0.478 e. The second-order valence-corrected chi connectivity index (χ2v) is 7.02. The zero-order chi connectivity index (χ0) is 16.9. The molecule has 0 radical (unpaired) electrons. The fourth-order valence-electron chi connectivity index (χ4n) is 5.15. The van der Waals surface area contributed by atoms with Gasteiger partial charge in [-0.1, -0.05) is 25.1 Å². The van der Waals surface area contributed by atoms with Gasteiger partial charge < -0.3 is 5.11 Å². The van der Waals surface area contributed by atoms with Crippen LogP contribution in [0.25, 0.3) is 5.57 Å². The molecule has 0 saturated carbocycles. The smallest absolute Gasteiger partial charge is 0.328 e. The molecule has 0 aliphatic carbocycles. The maximum atomic E-state index is 12.9. The lowest BCUT2D eigenvalue weighted by molar-refractivity contribution is -0.131. The molecule has 1 aromatic rings. The highest BCUT2D eigenvalue weighted by atomic mass is 16.4. The minimum absolute atomic E-state index is 0.0784. The number of amides is 1. The topological polar surface area (TPSA) is 69.6 Å². The Balaban J connectivity index is 2.05. The monoisotopic (exact) mass is 326 g/mol. The Morgan fingerprint density at radius 1 is 1.38 bits per heavy atom. The summed E-state index contributed by atoms with van der Waals surface area (Å²) in [6.45, 7) is 2.95. The van der Waals surface area contributed by atoms with Gasteiger partial charge in [0, 0.05) is 29.0 Å². The van der Waals surface area contributed by atoms with E-state index in [1.54, 1.807) is 0 Å². The van der Waals surface area contributed by atoms with Crippen molar-refractivity contribution in [2.75, 3.05) is 11.4 Å². The average Bonchev–Trinajstić information content (AvgIpc) is 2.86. The zero-order valence-corrected chi connectivity index (χ0v) is 13.8. The first-order valence-corrected chi connectivity index (χ1v) is 8.68. The molecule has 1 aromatic carbocycles. The number of carbonyl (C=O) groups excluding carboxylic acids is 1. The van der Waals surface area contributed by atoms with Gasteiger partial charge in [0.05, 0.1) is 5.69 Å². The number of para-hydroxylation sites is 1. The maximum Gasteiger partial charge on any atom is 0.328 e. The van der Waals surface area contributed by atoms with Crippen LogP contribution in [0.1, 0.15) is 44.6 Å². The van der Waals surface area contributed by atoms with E-state index in [1.165, 1.54) is 6.08 Å². The van der Waals surface area contributed by atoms with Crippen molar-refractivity contribution in [3.05, 3.63) is 35.9 Å². The molecule has 0 aromatic heterocycles. The van der Waals surface area contributed by atoms with Crippen molar-refractivity contribution >= 4 is 23.1 Å². The van der Waals surface area contributed by atoms with Crippen molar-refractivity contribution in [2.45, 2.75) is 44.7 Å². The van der Waals surface area contributed by atoms with Crippen molar-refractivity contribution in [3.63, 3.8) is 0 Å². The second-order valence-electron chi connectivity index (χ2n) is 7.02. The average molecular weight is 326 g/mol. The number of aliphatic carboxylic acids is 1. The predicted octanol–water partition coefficient (Wildman–Crippen LogP) is 2.77. The molecule has 126 valence electrons. The third-order valence-electron chi connectivity index (χ3n) is 6.15. The standard InChI is InChI=1S/C19H22N2O3/c1-2-18-9-5-11-20-19(18)14(12-17(23)24)13-6-3-4-7-15(13)21(19)16(22)8-10-18/h3-4,6-7,12,20H,2,5,8-11H2,1H3,(H,23,24)/b14-12-/t18-,19+/m1/s1. The zero-order valence-electron chi connectivity index (χ0n) is 13.8. The normalized spacial score (nSPS) is 33.1. The van der Waals surface area contributed by atoms with E-state index in [4.69, 9.17) is 0 Å². The van der Waals surface area contributed by atoms with Crippen LogP contribution in [0.5, 0.6) is 0 Å². The Morgan fingerprint density at radius 2 is 2.17 bits per heavy atom. The number of fused-ring (bicyclic) bond motifs is 2. The molecule has 0 bridgehead atoms. The summed E-state index contributed by atoms with van der Waals surface area (Å²) >= 11 is 0. The van der Waals surface area contributed by atoms with Gasteiger partial charge in [-0.15, -0.1) is 0 Å². The molecule has 1 amide bonds. The van der Waals surface area contributed by atoms with E-state index in [9.17, 15) is 14.7 Å². The number of nitrogens with zero attached hydrogens (tertiary/aromatic N) is 1. The Labute approximate surface area is 141 Å². The lowest BCUT2D eigenvalue weighted by atomic mass is 9.60. The number of rotatable bonds is 2. The van der Waals surface area contributed by atoms with Crippen molar-refractivity contribution in [3.8, 4) is 0 Å². The first-order valence-electron chi connectivity index (χ1n) is 8.68. The van der Waals surface area contributed by atoms with Gasteiger partial charge in [0.2, 0.25) is 5.91 Å². The lowest BCUT2D eigenvalue weighted by Gasteiger charge is -2.59. The Morgan fingerprint density at radius 3 is 2.92 bits per heavy atom. The molecule has 2 atom stereocenters. The van der Waals surface area contributed by atoms with Crippen LogP contribution in [0.4, 0.5) is 5.69 Å². The van der Waals surface area contributed by atoms with E-state index in [0.29, 0.717) is 6.42 Å². The molecular formula is C19H22N2O3. The van der Waals surface area contributed by atoms with Gasteiger partial charge in [-0.25, -0.2) is 4.79 Å². The van der Waals surface area contributed by atoms with Crippen LogP contribution in [0.15, 0.2) is 30.3 Å². The molecule has 0 unspecified atom stereocenters. The summed E-state index contributed by atoms with van der Waals surface area (Å²) in [5, 5.41) is 13.1. The lowest BCUT2D eigenvalue weighted by Crippen LogP contribution is -2.73. The van der Waals surface area contributed by atoms with E-state index < -0.39 is 11.6 Å². The molecule has 2 saturated heterocycles. The molecule has 5 nitrogen and oxygen atoms in total. The fraction of sp³-hybridized carbons (Fsp3) is 0.474. The molecule has 1 spiro atoms. The van der Waals surface area contributed by atoms with Crippen LogP contribution >= 0.6 is 0 Å². The van der Waals surface area contributed by atoms with Crippen molar-refractivity contribution in [2.24, 2.45) is 5.41 Å². The van der Waals surface area contributed by atoms with Crippen molar-refractivity contribution < 1.29 is 14.7 Å². The van der Waals surface area contributed by atoms with Crippen LogP contribution in [0.2, 0.25) is 0 Å². The number of carboxylic acids is 1. The third kappa shape index (κ3) is 1.73. The Hall–Kier alpha value is -2.14. The first kappa shape index (κ1) is 15.4. The number of carboxylic acid groups (broad SMARTS) is 1. The highest BCUT2D eigenvalue weighted by Gasteiger charge is 2.64. The number of piperidine rings is 2. The fourth-order valence-corrected chi connectivity index (χ4v) is 5.15. The van der Waals surface area contributed by atoms with Gasteiger partial charge in [-0.3, -0.25) is 15.0 Å². The Kier molecular flexibility index (Phi) is 3.32. The molecule has 2 N–H and O–H groups in total. The van der Waals surface area contributed by atoms with E-state index in [0.717, 1.165) is 49.1 Å². The molecule has 3 aliphatic heterocycles. The van der Waals surface area contributed by atoms with Crippen LogP contribution in [-0.4, -0.2) is 29.2 Å². The third-order valence-corrected chi connectivity index (χ3v) is 6.15. The number of benzene rings is 1. The summed E-state index contributed by atoms with van der Waals surface area (Å²) in [6.07, 6.45) is 5.59. The van der Waals surface area contributed by atoms with E-state index in [2.05, 4.69) is 12.2 Å². The van der Waals surface area contributed by atoms with Crippen molar-refractivity contribution in [1.82, 2.24) is 5.32 Å². The van der Waals surface area contributed by atoms with Crippen LogP contribution in [0.3, 0.4) is 0 Å². The second kappa shape index (κ2) is 5.18. The van der Waals surface area contributed by atoms with Gasteiger partial charge in [0.25, 0.3) is 0 Å². The van der Waals surface area contributed by atoms with Gasteiger partial charge in [-0.05, 0) is 38.3 Å². The van der Waals surface area contributed by atoms with E-state index in [1.807, 2.05) is 29.2 Å². The first-order chi connectivity index (χ1) is 11.6. The molecule has 24 heavy (non-hydrogen) atoms. The molecule has 3 aliphatic rings. The van der Waals surface area contributed by atoms with Gasteiger partial charge in [0.1, 0.15) is 5.66 Å². The summed E-state index contributed by atoms with van der Waals surface area (Å²) < 4.78 is 0. The molecule has 3 heterocycles. The largest absolute Gasteiger partial charge is 0.478 e. The van der Waals surface area contributed by atoms with Crippen LogP contribution in [-0.2, 0) is 9.59 Å².